The van der Waals surface area contributed by atoms with Gasteiger partial charge in [-0.2, -0.15) is 0 Å². The zero-order chi connectivity index (χ0) is 19.9. The molecule has 0 spiro atoms. The highest BCUT2D eigenvalue weighted by Crippen LogP contribution is 2.59. The van der Waals surface area contributed by atoms with E-state index in [9.17, 15) is 0 Å². The van der Waals surface area contributed by atoms with Crippen LogP contribution in [0.3, 0.4) is 0 Å². The second-order valence-corrected chi connectivity index (χ2v) is 13.9. The van der Waals surface area contributed by atoms with Crippen molar-refractivity contribution in [2.75, 3.05) is 0 Å². The van der Waals surface area contributed by atoms with Crippen LogP contribution in [-0.4, -0.2) is 8.07 Å². The highest BCUT2D eigenvalue weighted by Gasteiger charge is 2.55. The van der Waals surface area contributed by atoms with E-state index in [0.717, 1.165) is 6.42 Å². The van der Waals surface area contributed by atoms with Crippen molar-refractivity contribution in [3.8, 4) is 0 Å². The van der Waals surface area contributed by atoms with Crippen molar-refractivity contribution in [3.63, 3.8) is 0 Å². The Bertz CT molecular complexity index is 482. The van der Waals surface area contributed by atoms with Gasteiger partial charge in [0, 0.05) is 0 Å². The number of allylic oxidation sites excluding steroid dienone is 2. The van der Waals surface area contributed by atoms with Gasteiger partial charge in [-0.3, -0.25) is 0 Å². The van der Waals surface area contributed by atoms with E-state index in [2.05, 4.69) is 93.8 Å². The van der Waals surface area contributed by atoms with Crippen molar-refractivity contribution in [2.45, 2.75) is 81.3 Å². The molecule has 2 fully saturated rings. The molecule has 0 unspecified atom stereocenters. The van der Waals surface area contributed by atoms with Crippen LogP contribution in [0.25, 0.3) is 0 Å². The average Bonchev–Trinajstić information content (AvgIpc) is 3.10. The van der Waals surface area contributed by atoms with E-state index in [-0.39, 0.29) is 5.41 Å². The Hall–Kier alpha value is -0.0431. The summed E-state index contributed by atoms with van der Waals surface area (Å²) in [6.07, 6.45) is 12.1. The van der Waals surface area contributed by atoms with E-state index in [1.54, 1.807) is 11.1 Å². The van der Waals surface area contributed by atoms with Crippen LogP contribution < -0.4 is 0 Å². The molecule has 0 aliphatic heterocycles. The molecule has 10 radical (unpaired) electrons. The van der Waals surface area contributed by atoms with Gasteiger partial charge in [0.15, 0.2) is 0 Å². The van der Waals surface area contributed by atoms with Crippen LogP contribution in [0, 0.1) is 65.3 Å². The maximum atomic E-state index is 2.52. The molecule has 2 saturated carbocycles. The first-order valence-corrected chi connectivity index (χ1v) is 13.0. The third-order valence-corrected chi connectivity index (χ3v) is 10.4. The lowest BCUT2D eigenvalue weighted by Crippen LogP contribution is -2.45. The normalized spacial score (nSPS) is 24.1. The topological polar surface area (TPSA) is 0 Å². The van der Waals surface area contributed by atoms with Crippen molar-refractivity contribution in [3.05, 3.63) is 71.6 Å². The van der Waals surface area contributed by atoms with Crippen LogP contribution in [0.5, 0.6) is 0 Å². The van der Waals surface area contributed by atoms with Gasteiger partial charge >= 0.3 is 0 Å². The molecule has 0 bridgehead atoms. The van der Waals surface area contributed by atoms with Crippen LogP contribution in [0.1, 0.15) is 68.2 Å². The van der Waals surface area contributed by atoms with Gasteiger partial charge in [0.2, 0.25) is 0 Å². The zero-order valence-electron chi connectivity index (χ0n) is 18.7. The molecule has 0 atom stereocenters. The van der Waals surface area contributed by atoms with Crippen LogP contribution in [0.2, 0.25) is 13.1 Å². The Morgan fingerprint density at radius 1 is 0.923 bits per heavy atom. The van der Waals surface area contributed by atoms with E-state index in [1.807, 2.05) is 0 Å². The van der Waals surface area contributed by atoms with E-state index < -0.39 is 8.07 Å². The lowest BCUT2D eigenvalue weighted by molar-refractivity contribution is 0.378. The Labute approximate surface area is 166 Å². The Morgan fingerprint density at radius 2 is 1.46 bits per heavy atom. The number of hydrogen-bond donors (Lipinski definition) is 0. The molecule has 26 heavy (non-hydrogen) atoms. The van der Waals surface area contributed by atoms with Crippen LogP contribution in [-0.2, 0) is 0 Å². The van der Waals surface area contributed by atoms with E-state index >= 15 is 0 Å². The quantitative estimate of drug-likeness (QED) is 0.342. The first-order valence-electron chi connectivity index (χ1n) is 10.0. The summed E-state index contributed by atoms with van der Waals surface area (Å²) in [4.78, 5) is 0. The molecule has 2 aliphatic rings. The van der Waals surface area contributed by atoms with E-state index in [0.29, 0.717) is 0 Å². The predicted octanol–water partition coefficient (Wildman–Crippen LogP) is 7.29. The van der Waals surface area contributed by atoms with Crippen molar-refractivity contribution < 1.29 is 0 Å². The maximum Gasteiger partial charge on any atom is 0.0626 e. The molecule has 0 aromatic rings. The summed E-state index contributed by atoms with van der Waals surface area (Å²) in [6, 6.07) is 0. The lowest BCUT2D eigenvalue weighted by atomic mass is 9.74. The third kappa shape index (κ3) is 4.34. The first kappa shape index (κ1) is 22.2. The van der Waals surface area contributed by atoms with Crippen molar-refractivity contribution in [1.82, 2.24) is 0 Å². The fraction of sp³-hybridized carbons (Fsp3) is 0.520. The fourth-order valence-corrected chi connectivity index (χ4v) is 7.97. The summed E-state index contributed by atoms with van der Waals surface area (Å²) in [5.74, 6) is 7.55. The van der Waals surface area contributed by atoms with E-state index in [4.69, 9.17) is 0 Å². The molecule has 0 aromatic heterocycles. The number of hydrogen-bond acceptors (Lipinski definition) is 0. The average molecular weight is 367 g/mol. The van der Waals surface area contributed by atoms with Gasteiger partial charge in [0.25, 0.3) is 0 Å². The second-order valence-electron chi connectivity index (χ2n) is 9.59. The van der Waals surface area contributed by atoms with Gasteiger partial charge in [-0.05, 0) is 92.0 Å². The molecule has 0 N–H and O–H groups in total. The van der Waals surface area contributed by atoms with Crippen molar-refractivity contribution in [1.29, 1.82) is 0 Å². The van der Waals surface area contributed by atoms with Gasteiger partial charge in [-0.15, -0.1) is 0 Å². The van der Waals surface area contributed by atoms with Crippen LogP contribution in [0.4, 0.5) is 0 Å². The van der Waals surface area contributed by atoms with Crippen LogP contribution >= 0.6 is 0 Å². The minimum absolute atomic E-state index is 0.233. The van der Waals surface area contributed by atoms with Crippen molar-refractivity contribution >= 4 is 8.07 Å². The number of rotatable bonds is 6. The van der Waals surface area contributed by atoms with Gasteiger partial charge < -0.3 is 0 Å². The smallest absolute Gasteiger partial charge is 0.0626 e. The molecule has 0 aromatic carbocycles. The third-order valence-electron chi connectivity index (χ3n) is 6.64. The minimum Gasteiger partial charge on any atom is -0.0859 e. The Morgan fingerprint density at radius 3 is 1.96 bits per heavy atom. The van der Waals surface area contributed by atoms with Gasteiger partial charge in [-0.1, -0.05) is 66.3 Å². The van der Waals surface area contributed by atoms with Gasteiger partial charge in [-0.25, -0.2) is 0 Å². The van der Waals surface area contributed by atoms with Crippen LogP contribution in [0.15, 0.2) is 11.6 Å². The zero-order valence-corrected chi connectivity index (χ0v) is 19.7. The monoisotopic (exact) mass is 366 g/mol. The first-order chi connectivity index (χ1) is 11.9. The molecule has 0 nitrogen and oxygen atoms in total. The molecule has 0 saturated heterocycles. The summed E-state index contributed by atoms with van der Waals surface area (Å²) >= 11 is 0. The van der Waals surface area contributed by atoms with Crippen molar-refractivity contribution in [2.24, 2.45) is 5.41 Å². The molecule has 2 aliphatic carbocycles. The standard InChI is InChI=1S/C25H38Si/c1-17(2)12-11-15-25(7,8)22-13-14-23(16-22)26(9,10)24-20(5)18(3)19(4)21(24)6/h12-14,16H,11,15H2,1-10H3. The molecule has 0 heterocycles. The molecule has 0 amide bonds. The second kappa shape index (κ2) is 8.14. The molecular formula is C25H38Si. The summed E-state index contributed by atoms with van der Waals surface area (Å²) in [5.41, 5.74) is 4.90. The summed E-state index contributed by atoms with van der Waals surface area (Å²) in [7, 11) is -1.67. The minimum atomic E-state index is -1.67. The summed E-state index contributed by atoms with van der Waals surface area (Å²) < 4.78 is 0. The molecule has 1 heteroatoms. The summed E-state index contributed by atoms with van der Waals surface area (Å²) in [6.45, 7) is 23.4. The highest BCUT2D eigenvalue weighted by molar-refractivity contribution is 6.90. The SMILES string of the molecule is C[C]1[C](C)[C](C)[C]([Si](C)(C)[C]2[CH][CH][C](C(C)(C)CCC=C(C)C)[CH]2)[C]1C. The summed E-state index contributed by atoms with van der Waals surface area (Å²) in [5, 5.41) is 0. The van der Waals surface area contributed by atoms with Gasteiger partial charge in [0.05, 0.1) is 8.07 Å². The van der Waals surface area contributed by atoms with Gasteiger partial charge in [0.1, 0.15) is 0 Å². The Balaban J connectivity index is 2.06. The molecular weight excluding hydrogens is 328 g/mol. The van der Waals surface area contributed by atoms with E-state index in [1.165, 1.54) is 41.6 Å². The predicted molar refractivity (Wildman–Crippen MR) is 118 cm³/mol. The lowest BCUT2D eigenvalue weighted by Gasteiger charge is -2.40. The highest BCUT2D eigenvalue weighted by atomic mass is 28.3. The maximum absolute atomic E-state index is 2.52. The largest absolute Gasteiger partial charge is 0.0859 e. The Kier molecular flexibility index (Phi) is 6.96. The fourth-order valence-electron chi connectivity index (χ4n) is 4.42. The molecule has 2 rings (SSSR count). The molecule has 142 valence electrons.